The summed E-state index contributed by atoms with van der Waals surface area (Å²) in [5.41, 5.74) is 1.02. The topological polar surface area (TPSA) is 73.1 Å². The molecule has 0 aliphatic carbocycles. The van der Waals surface area contributed by atoms with Crippen molar-refractivity contribution in [2.75, 3.05) is 5.32 Å². The Morgan fingerprint density at radius 3 is 2.80 bits per heavy atom. The van der Waals surface area contributed by atoms with Gasteiger partial charge in [0.05, 0.1) is 11.3 Å². The summed E-state index contributed by atoms with van der Waals surface area (Å²) < 4.78 is 0. The Kier molecular flexibility index (Phi) is 3.69. The summed E-state index contributed by atoms with van der Waals surface area (Å²) >= 11 is 0. The molecule has 1 atom stereocenters. The van der Waals surface area contributed by atoms with E-state index in [-0.39, 0.29) is 0 Å². The summed E-state index contributed by atoms with van der Waals surface area (Å²) in [6, 6.07) is 8.21. The molecule has 78 valence electrons. The average Bonchev–Trinajstić information content (AvgIpc) is 2.25. The summed E-state index contributed by atoms with van der Waals surface area (Å²) in [6.45, 7) is 1.78. The Morgan fingerprint density at radius 1 is 1.60 bits per heavy atom. The van der Waals surface area contributed by atoms with E-state index in [0.717, 1.165) is 0 Å². The molecule has 0 saturated heterocycles. The lowest BCUT2D eigenvalue weighted by Gasteiger charge is -2.14. The summed E-state index contributed by atoms with van der Waals surface area (Å²) in [6.07, 6.45) is 0.467. The van der Waals surface area contributed by atoms with Crippen LogP contribution in [0, 0.1) is 11.3 Å². The van der Waals surface area contributed by atoms with Crippen LogP contribution in [-0.2, 0) is 4.79 Å². The van der Waals surface area contributed by atoms with Crippen molar-refractivity contribution in [3.05, 3.63) is 29.8 Å². The molecule has 1 aromatic rings. The minimum atomic E-state index is -0.912. The third kappa shape index (κ3) is 2.71. The standard InChI is InChI=1S/C11H12N2O2/c1-2-9(11(14)15)13-10-6-4-3-5-8(10)7-12/h3-6,9,13H,2H2,1H3,(H,14,15). The maximum atomic E-state index is 10.8. The van der Waals surface area contributed by atoms with Gasteiger partial charge in [0.15, 0.2) is 0 Å². The van der Waals surface area contributed by atoms with Crippen molar-refractivity contribution in [3.63, 3.8) is 0 Å². The van der Waals surface area contributed by atoms with E-state index in [4.69, 9.17) is 10.4 Å². The second-order valence-corrected chi connectivity index (χ2v) is 3.10. The summed E-state index contributed by atoms with van der Waals surface area (Å²) in [4.78, 5) is 10.8. The first-order chi connectivity index (χ1) is 7.19. The molecule has 0 amide bonds. The highest BCUT2D eigenvalue weighted by molar-refractivity contribution is 5.78. The zero-order valence-corrected chi connectivity index (χ0v) is 8.40. The summed E-state index contributed by atoms with van der Waals surface area (Å²) in [5, 5.41) is 20.5. The van der Waals surface area contributed by atoms with Crippen molar-refractivity contribution in [1.82, 2.24) is 0 Å². The van der Waals surface area contributed by atoms with E-state index in [1.165, 1.54) is 0 Å². The number of hydrogen-bond donors (Lipinski definition) is 2. The van der Waals surface area contributed by atoms with Crippen LogP contribution in [0.3, 0.4) is 0 Å². The van der Waals surface area contributed by atoms with Crippen molar-refractivity contribution in [2.45, 2.75) is 19.4 Å². The molecule has 1 unspecified atom stereocenters. The summed E-state index contributed by atoms with van der Waals surface area (Å²) in [7, 11) is 0. The molecule has 0 radical (unpaired) electrons. The highest BCUT2D eigenvalue weighted by Crippen LogP contribution is 2.15. The van der Waals surface area contributed by atoms with Gasteiger partial charge in [-0.1, -0.05) is 19.1 Å². The van der Waals surface area contributed by atoms with Gasteiger partial charge in [-0.05, 0) is 18.6 Å². The van der Waals surface area contributed by atoms with Gasteiger partial charge in [-0.2, -0.15) is 5.26 Å². The van der Waals surface area contributed by atoms with Crippen LogP contribution in [0.25, 0.3) is 0 Å². The zero-order chi connectivity index (χ0) is 11.3. The molecule has 0 aromatic heterocycles. The van der Waals surface area contributed by atoms with Gasteiger partial charge in [0, 0.05) is 0 Å². The Labute approximate surface area is 88.2 Å². The lowest BCUT2D eigenvalue weighted by Crippen LogP contribution is -2.28. The summed E-state index contributed by atoms with van der Waals surface area (Å²) in [5.74, 6) is -0.912. The van der Waals surface area contributed by atoms with E-state index in [9.17, 15) is 4.79 Å². The number of nitriles is 1. The SMILES string of the molecule is CCC(Nc1ccccc1C#N)C(=O)O. The molecular formula is C11H12N2O2. The molecule has 0 saturated carbocycles. The van der Waals surface area contributed by atoms with E-state index in [1.807, 2.05) is 6.07 Å². The van der Waals surface area contributed by atoms with Gasteiger partial charge in [0.2, 0.25) is 0 Å². The molecule has 1 aromatic carbocycles. The van der Waals surface area contributed by atoms with Crippen molar-refractivity contribution in [2.24, 2.45) is 0 Å². The number of anilines is 1. The molecule has 0 aliphatic heterocycles. The Bertz CT molecular complexity index is 396. The molecule has 4 heteroatoms. The molecule has 15 heavy (non-hydrogen) atoms. The minimum Gasteiger partial charge on any atom is -0.480 e. The Morgan fingerprint density at radius 2 is 2.27 bits per heavy atom. The van der Waals surface area contributed by atoms with Crippen molar-refractivity contribution >= 4 is 11.7 Å². The van der Waals surface area contributed by atoms with Crippen LogP contribution in [0.15, 0.2) is 24.3 Å². The number of hydrogen-bond acceptors (Lipinski definition) is 3. The van der Waals surface area contributed by atoms with E-state index in [2.05, 4.69) is 5.32 Å². The van der Waals surface area contributed by atoms with Crippen LogP contribution in [0.2, 0.25) is 0 Å². The molecule has 1 rings (SSSR count). The van der Waals surface area contributed by atoms with Crippen molar-refractivity contribution < 1.29 is 9.90 Å². The van der Waals surface area contributed by atoms with Crippen LogP contribution in [0.5, 0.6) is 0 Å². The molecular weight excluding hydrogens is 192 g/mol. The Balaban J connectivity index is 2.89. The number of nitrogens with zero attached hydrogens (tertiary/aromatic N) is 1. The van der Waals surface area contributed by atoms with E-state index in [0.29, 0.717) is 17.7 Å². The molecule has 2 N–H and O–H groups in total. The minimum absolute atomic E-state index is 0.456. The predicted octanol–water partition coefficient (Wildman–Crippen LogP) is 1.83. The maximum absolute atomic E-state index is 10.8. The molecule has 4 nitrogen and oxygen atoms in total. The number of para-hydroxylation sites is 1. The smallest absolute Gasteiger partial charge is 0.326 e. The fourth-order valence-corrected chi connectivity index (χ4v) is 1.23. The number of nitrogens with one attached hydrogen (secondary N) is 1. The zero-order valence-electron chi connectivity index (χ0n) is 8.40. The van der Waals surface area contributed by atoms with E-state index in [1.54, 1.807) is 31.2 Å². The van der Waals surface area contributed by atoms with Crippen LogP contribution in [0.1, 0.15) is 18.9 Å². The number of carboxylic acids is 1. The van der Waals surface area contributed by atoms with Gasteiger partial charge in [0.1, 0.15) is 12.1 Å². The van der Waals surface area contributed by atoms with Crippen molar-refractivity contribution in [3.8, 4) is 6.07 Å². The third-order valence-corrected chi connectivity index (χ3v) is 2.08. The van der Waals surface area contributed by atoms with Gasteiger partial charge >= 0.3 is 5.97 Å². The molecule has 0 fully saturated rings. The Hall–Kier alpha value is -2.02. The van der Waals surface area contributed by atoms with Gasteiger partial charge in [-0.15, -0.1) is 0 Å². The highest BCUT2D eigenvalue weighted by Gasteiger charge is 2.15. The van der Waals surface area contributed by atoms with Gasteiger partial charge in [0.25, 0.3) is 0 Å². The number of benzene rings is 1. The van der Waals surface area contributed by atoms with Crippen LogP contribution in [-0.4, -0.2) is 17.1 Å². The molecule has 0 spiro atoms. The molecule has 0 bridgehead atoms. The highest BCUT2D eigenvalue weighted by atomic mass is 16.4. The number of aliphatic carboxylic acids is 1. The molecule has 0 heterocycles. The van der Waals surface area contributed by atoms with Crippen LogP contribution in [0.4, 0.5) is 5.69 Å². The fourth-order valence-electron chi connectivity index (χ4n) is 1.23. The van der Waals surface area contributed by atoms with Gasteiger partial charge < -0.3 is 10.4 Å². The second kappa shape index (κ2) is 5.01. The van der Waals surface area contributed by atoms with E-state index >= 15 is 0 Å². The van der Waals surface area contributed by atoms with Gasteiger partial charge in [-0.25, -0.2) is 4.79 Å². The maximum Gasteiger partial charge on any atom is 0.326 e. The second-order valence-electron chi connectivity index (χ2n) is 3.10. The first-order valence-corrected chi connectivity index (χ1v) is 4.67. The van der Waals surface area contributed by atoms with Crippen LogP contribution >= 0.6 is 0 Å². The third-order valence-electron chi connectivity index (χ3n) is 2.08. The quantitative estimate of drug-likeness (QED) is 0.784. The number of rotatable bonds is 4. The first kappa shape index (κ1) is 11.1. The van der Waals surface area contributed by atoms with E-state index < -0.39 is 12.0 Å². The normalized spacial score (nSPS) is 11.5. The van der Waals surface area contributed by atoms with Crippen LogP contribution < -0.4 is 5.32 Å². The monoisotopic (exact) mass is 204 g/mol. The number of carbonyl (C=O) groups is 1. The number of carboxylic acid groups (broad SMARTS) is 1. The van der Waals surface area contributed by atoms with Gasteiger partial charge in [-0.3, -0.25) is 0 Å². The average molecular weight is 204 g/mol. The lowest BCUT2D eigenvalue weighted by atomic mass is 10.1. The largest absolute Gasteiger partial charge is 0.480 e. The fraction of sp³-hybridized carbons (Fsp3) is 0.273. The predicted molar refractivity (Wildman–Crippen MR) is 56.5 cm³/mol. The first-order valence-electron chi connectivity index (χ1n) is 4.67. The lowest BCUT2D eigenvalue weighted by molar-refractivity contribution is -0.137. The molecule has 0 aliphatic rings. The van der Waals surface area contributed by atoms with Crippen molar-refractivity contribution in [1.29, 1.82) is 5.26 Å².